The van der Waals surface area contributed by atoms with Crippen molar-refractivity contribution in [3.63, 3.8) is 0 Å². The van der Waals surface area contributed by atoms with E-state index in [1.165, 1.54) is 17.5 Å². The average Bonchev–Trinajstić information content (AvgIpc) is 3.40. The van der Waals surface area contributed by atoms with Crippen LogP contribution in [0.4, 0.5) is 5.69 Å². The highest BCUT2D eigenvalue weighted by atomic mass is 32.2. The number of rotatable bonds is 5. The molecule has 152 valence electrons. The molecule has 4 rings (SSSR count). The molecule has 1 amide bonds. The second-order valence-electron chi connectivity index (χ2n) is 7.81. The molecule has 29 heavy (non-hydrogen) atoms. The topological polar surface area (TPSA) is 46.8 Å². The summed E-state index contributed by atoms with van der Waals surface area (Å²) in [5, 5.41) is 0.725. The molecule has 0 aliphatic carbocycles. The number of hydrogen-bond acceptors (Lipinski definition) is 4. The first kappa shape index (κ1) is 20.0. The number of amides is 1. The Morgan fingerprint density at radius 3 is 2.76 bits per heavy atom. The van der Waals surface area contributed by atoms with Gasteiger partial charge in [-0.1, -0.05) is 18.2 Å². The van der Waals surface area contributed by atoms with Gasteiger partial charge in [-0.05, 0) is 75.2 Å². The van der Waals surface area contributed by atoms with Crippen LogP contribution in [-0.2, 0) is 9.53 Å². The summed E-state index contributed by atoms with van der Waals surface area (Å²) >= 11 is 1.45. The van der Waals surface area contributed by atoms with E-state index in [0.717, 1.165) is 35.9 Å². The number of aromatic nitrogens is 1. The quantitative estimate of drug-likeness (QED) is 0.641. The Labute approximate surface area is 176 Å². The van der Waals surface area contributed by atoms with Gasteiger partial charge in [0, 0.05) is 24.5 Å². The highest BCUT2D eigenvalue weighted by molar-refractivity contribution is 8.18. The normalized spacial score (nSPS) is 22.6. The minimum atomic E-state index is 0.00938. The van der Waals surface area contributed by atoms with Gasteiger partial charge in [0.15, 0.2) is 5.17 Å². The smallest absolute Gasteiger partial charge is 0.266 e. The van der Waals surface area contributed by atoms with Gasteiger partial charge in [-0.15, -0.1) is 0 Å². The molecule has 2 saturated heterocycles. The summed E-state index contributed by atoms with van der Waals surface area (Å²) in [6, 6.07) is 12.3. The predicted molar refractivity (Wildman–Crippen MR) is 119 cm³/mol. The van der Waals surface area contributed by atoms with E-state index >= 15 is 0 Å². The van der Waals surface area contributed by atoms with Crippen LogP contribution in [0.3, 0.4) is 0 Å². The van der Waals surface area contributed by atoms with Crippen LogP contribution in [-0.4, -0.2) is 39.8 Å². The number of para-hydroxylation sites is 1. The highest BCUT2D eigenvalue weighted by Crippen LogP contribution is 2.35. The molecular formula is C23H27N3O2S. The molecule has 2 aliphatic rings. The first-order valence-electron chi connectivity index (χ1n) is 10.2. The molecule has 1 aromatic carbocycles. The molecule has 2 aliphatic heterocycles. The van der Waals surface area contributed by atoms with Crippen LogP contribution >= 0.6 is 11.8 Å². The van der Waals surface area contributed by atoms with Crippen LogP contribution in [0.25, 0.3) is 6.08 Å². The van der Waals surface area contributed by atoms with Crippen molar-refractivity contribution in [1.29, 1.82) is 0 Å². The van der Waals surface area contributed by atoms with Crippen LogP contribution in [0.1, 0.15) is 44.0 Å². The van der Waals surface area contributed by atoms with Crippen LogP contribution in [0.15, 0.2) is 52.5 Å². The fourth-order valence-electron chi connectivity index (χ4n) is 3.76. The van der Waals surface area contributed by atoms with Crippen molar-refractivity contribution in [1.82, 2.24) is 9.47 Å². The second-order valence-corrected chi connectivity index (χ2v) is 8.82. The molecule has 0 radical (unpaired) electrons. The van der Waals surface area contributed by atoms with Gasteiger partial charge in [-0.2, -0.15) is 0 Å². The van der Waals surface area contributed by atoms with Gasteiger partial charge in [-0.3, -0.25) is 9.69 Å². The Morgan fingerprint density at radius 1 is 1.31 bits per heavy atom. The summed E-state index contributed by atoms with van der Waals surface area (Å²) in [7, 11) is 0. The molecule has 2 aromatic rings. The average molecular weight is 410 g/mol. The molecule has 0 bridgehead atoms. The van der Waals surface area contributed by atoms with Gasteiger partial charge in [-0.25, -0.2) is 4.99 Å². The van der Waals surface area contributed by atoms with Crippen LogP contribution in [0, 0.1) is 6.92 Å². The van der Waals surface area contributed by atoms with Crippen molar-refractivity contribution in [3.05, 3.63) is 58.8 Å². The van der Waals surface area contributed by atoms with Gasteiger partial charge in [0.25, 0.3) is 5.91 Å². The van der Waals surface area contributed by atoms with E-state index in [1.807, 2.05) is 36.4 Å². The summed E-state index contributed by atoms with van der Waals surface area (Å²) in [6.07, 6.45) is 6.22. The molecule has 2 fully saturated rings. The molecule has 0 N–H and O–H groups in total. The zero-order valence-corrected chi connectivity index (χ0v) is 18.0. The number of carbonyl (C=O) groups excluding carboxylic acids is 1. The first-order chi connectivity index (χ1) is 14.0. The minimum Gasteiger partial charge on any atom is -0.376 e. The maximum Gasteiger partial charge on any atom is 0.266 e. The molecule has 1 aromatic heterocycles. The van der Waals surface area contributed by atoms with Gasteiger partial charge >= 0.3 is 0 Å². The number of carbonyl (C=O) groups is 1. The van der Waals surface area contributed by atoms with Gasteiger partial charge in [0.1, 0.15) is 0 Å². The van der Waals surface area contributed by atoms with E-state index in [9.17, 15) is 4.79 Å². The number of hydrogen-bond donors (Lipinski definition) is 0. The second kappa shape index (κ2) is 8.59. The minimum absolute atomic E-state index is 0.00938. The number of aliphatic imine (C=N–C) groups is 1. The van der Waals surface area contributed by atoms with Crippen LogP contribution < -0.4 is 0 Å². The standard InChI is InChI=1S/C23H27N3O2S/c1-16(2)25-14-18(12-17(25)3)13-21-22(27)26(15-20-10-7-11-28-20)23(29-21)24-19-8-5-4-6-9-19/h4-6,8-9,12-14,16,20H,7,10-11,15H2,1-3H3/b21-13+,24-23?. The van der Waals surface area contributed by atoms with Crippen molar-refractivity contribution in [2.45, 2.75) is 45.8 Å². The lowest BCUT2D eigenvalue weighted by molar-refractivity contribution is -0.123. The molecule has 5 nitrogen and oxygen atoms in total. The summed E-state index contributed by atoms with van der Waals surface area (Å²) in [4.78, 5) is 20.5. The lowest BCUT2D eigenvalue weighted by atomic mass is 10.2. The van der Waals surface area contributed by atoms with Gasteiger partial charge in [0.2, 0.25) is 0 Å². The van der Waals surface area contributed by atoms with Gasteiger partial charge in [0.05, 0.1) is 23.2 Å². The van der Waals surface area contributed by atoms with E-state index in [1.54, 1.807) is 4.90 Å². The maximum absolute atomic E-state index is 13.2. The number of amidine groups is 1. The molecule has 6 heteroatoms. The van der Waals surface area contributed by atoms with E-state index in [2.05, 4.69) is 37.6 Å². The Morgan fingerprint density at radius 2 is 2.10 bits per heavy atom. The molecule has 1 atom stereocenters. The Hall–Kier alpha value is -2.31. The lowest BCUT2D eigenvalue weighted by Gasteiger charge is -2.19. The first-order valence-corrected chi connectivity index (χ1v) is 11.0. The van der Waals surface area contributed by atoms with Crippen molar-refractivity contribution in [3.8, 4) is 0 Å². The number of nitrogens with zero attached hydrogens (tertiary/aromatic N) is 3. The predicted octanol–water partition coefficient (Wildman–Crippen LogP) is 5.16. The van der Waals surface area contributed by atoms with Crippen LogP contribution in [0.2, 0.25) is 0 Å². The lowest BCUT2D eigenvalue weighted by Crippen LogP contribution is -2.36. The molecule has 1 unspecified atom stereocenters. The maximum atomic E-state index is 13.2. The monoisotopic (exact) mass is 409 g/mol. The van der Waals surface area contributed by atoms with E-state index in [4.69, 9.17) is 9.73 Å². The van der Waals surface area contributed by atoms with Crippen molar-refractivity contribution in [2.24, 2.45) is 4.99 Å². The largest absolute Gasteiger partial charge is 0.376 e. The van der Waals surface area contributed by atoms with Gasteiger partial charge < -0.3 is 9.30 Å². The summed E-state index contributed by atoms with van der Waals surface area (Å²) in [6.45, 7) is 7.74. The molecule has 3 heterocycles. The fraction of sp³-hybridized carbons (Fsp3) is 0.391. The highest BCUT2D eigenvalue weighted by Gasteiger charge is 2.36. The molecular weight excluding hydrogens is 382 g/mol. The van der Waals surface area contributed by atoms with Crippen molar-refractivity contribution < 1.29 is 9.53 Å². The zero-order valence-electron chi connectivity index (χ0n) is 17.2. The van der Waals surface area contributed by atoms with E-state index in [0.29, 0.717) is 17.5 Å². The zero-order chi connectivity index (χ0) is 20.4. The number of thioether (sulfide) groups is 1. The summed E-state index contributed by atoms with van der Waals surface area (Å²) < 4.78 is 8.00. The summed E-state index contributed by atoms with van der Waals surface area (Å²) in [5.41, 5.74) is 3.09. The molecule has 0 saturated carbocycles. The molecule has 0 spiro atoms. The summed E-state index contributed by atoms with van der Waals surface area (Å²) in [5.74, 6) is 0.00938. The van der Waals surface area contributed by atoms with E-state index < -0.39 is 0 Å². The van der Waals surface area contributed by atoms with E-state index in [-0.39, 0.29) is 12.0 Å². The third kappa shape index (κ3) is 4.49. The number of aryl methyl sites for hydroxylation is 1. The van der Waals surface area contributed by atoms with Crippen molar-refractivity contribution >= 4 is 34.6 Å². The third-order valence-electron chi connectivity index (χ3n) is 5.20. The van der Waals surface area contributed by atoms with Crippen molar-refractivity contribution in [2.75, 3.05) is 13.2 Å². The number of benzene rings is 1. The Bertz CT molecular complexity index is 940. The third-order valence-corrected chi connectivity index (χ3v) is 6.21. The fourth-order valence-corrected chi connectivity index (χ4v) is 4.77. The number of ether oxygens (including phenoxy) is 1. The Balaban J connectivity index is 1.64. The Kier molecular flexibility index (Phi) is 5.92. The van der Waals surface area contributed by atoms with Crippen LogP contribution in [0.5, 0.6) is 0 Å². The SMILES string of the molecule is Cc1cc(/C=C2/SC(=Nc3ccccc3)N(CC3CCCO3)C2=O)cn1C(C)C.